The number of aryl methyl sites for hydroxylation is 1. The van der Waals surface area contributed by atoms with E-state index in [-0.39, 0.29) is 29.9 Å². The number of benzene rings is 1. The lowest BCUT2D eigenvalue weighted by molar-refractivity contribution is -0.134. The van der Waals surface area contributed by atoms with Crippen LogP contribution in [0.1, 0.15) is 18.3 Å². The third kappa shape index (κ3) is 2.94. The molecule has 3 rings (SSSR count). The summed E-state index contributed by atoms with van der Waals surface area (Å²) in [7, 11) is 0. The number of aromatic nitrogens is 2. The lowest BCUT2D eigenvalue weighted by Crippen LogP contribution is -2.38. The van der Waals surface area contributed by atoms with Gasteiger partial charge in [-0.3, -0.25) is 9.59 Å². The van der Waals surface area contributed by atoms with Crippen LogP contribution in [0.2, 0.25) is 0 Å². The van der Waals surface area contributed by atoms with Crippen molar-refractivity contribution in [3.05, 3.63) is 47.5 Å². The first-order valence-corrected chi connectivity index (χ1v) is 7.41. The molecular weight excluding hydrogens is 318 g/mol. The van der Waals surface area contributed by atoms with E-state index in [1.165, 1.54) is 12.4 Å². The molecule has 0 fully saturated rings. The number of hydrogen-bond acceptors (Lipinski definition) is 4. The van der Waals surface area contributed by atoms with E-state index in [2.05, 4.69) is 15.3 Å². The summed E-state index contributed by atoms with van der Waals surface area (Å²) in [6.07, 6.45) is 3.67. The summed E-state index contributed by atoms with van der Waals surface area (Å²) in [5.41, 5.74) is 0.591. The third-order valence-electron chi connectivity index (χ3n) is 3.73. The number of anilines is 2. The van der Waals surface area contributed by atoms with E-state index in [1.807, 2.05) is 6.92 Å². The van der Waals surface area contributed by atoms with Crippen LogP contribution in [0.25, 0.3) is 0 Å². The fraction of sp³-hybridized carbons (Fsp3) is 0.250. The van der Waals surface area contributed by atoms with E-state index in [4.69, 9.17) is 0 Å². The number of fused-ring (bicyclic) bond motifs is 1. The molecule has 0 aliphatic carbocycles. The van der Waals surface area contributed by atoms with Gasteiger partial charge in [0.25, 0.3) is 0 Å². The molecule has 2 aromatic rings. The largest absolute Gasteiger partial charge is 0.316 e. The van der Waals surface area contributed by atoms with Gasteiger partial charge in [-0.15, -0.1) is 0 Å². The topological polar surface area (TPSA) is 75.2 Å². The minimum absolute atomic E-state index is 0.0882. The highest BCUT2D eigenvalue weighted by atomic mass is 19.1. The molecule has 0 bridgehead atoms. The van der Waals surface area contributed by atoms with E-state index >= 15 is 0 Å². The minimum Gasteiger partial charge on any atom is -0.315 e. The Morgan fingerprint density at radius 1 is 1.25 bits per heavy atom. The first kappa shape index (κ1) is 16.0. The molecule has 1 aromatic heterocycles. The number of carbonyl (C=O) groups is 2. The first-order valence-electron chi connectivity index (χ1n) is 7.41. The summed E-state index contributed by atoms with van der Waals surface area (Å²) in [5.74, 6) is -2.71. The number of nitrogens with zero attached hydrogens (tertiary/aromatic N) is 3. The van der Waals surface area contributed by atoms with Crippen LogP contribution in [0, 0.1) is 11.6 Å². The number of rotatable bonds is 2. The zero-order valence-corrected chi connectivity index (χ0v) is 12.8. The molecule has 2 heterocycles. The van der Waals surface area contributed by atoms with Gasteiger partial charge in [-0.1, -0.05) is 6.92 Å². The fourth-order valence-electron chi connectivity index (χ4n) is 2.54. The average molecular weight is 332 g/mol. The SMILES string of the molecule is CCc1ncc(NC(=O)C(=O)N2CCc3c(F)cc(F)cc32)cn1. The monoisotopic (exact) mass is 332 g/mol. The van der Waals surface area contributed by atoms with Crippen LogP contribution in [0.15, 0.2) is 24.5 Å². The van der Waals surface area contributed by atoms with Gasteiger partial charge in [0.2, 0.25) is 0 Å². The maximum absolute atomic E-state index is 13.7. The Hall–Kier alpha value is -2.90. The van der Waals surface area contributed by atoms with E-state index in [0.717, 1.165) is 17.0 Å². The van der Waals surface area contributed by atoms with Crippen LogP contribution in [0.3, 0.4) is 0 Å². The second-order valence-electron chi connectivity index (χ2n) is 5.29. The molecule has 8 heteroatoms. The van der Waals surface area contributed by atoms with Crippen molar-refractivity contribution in [1.82, 2.24) is 9.97 Å². The second-order valence-corrected chi connectivity index (χ2v) is 5.29. The molecule has 0 unspecified atom stereocenters. The number of carbonyl (C=O) groups excluding carboxylic acids is 2. The van der Waals surface area contributed by atoms with Gasteiger partial charge >= 0.3 is 11.8 Å². The lowest BCUT2D eigenvalue weighted by Gasteiger charge is -2.16. The predicted octanol–water partition coefficient (Wildman–Crippen LogP) is 1.84. The molecule has 6 nitrogen and oxygen atoms in total. The van der Waals surface area contributed by atoms with Crippen molar-refractivity contribution in [2.45, 2.75) is 19.8 Å². The molecule has 124 valence electrons. The lowest BCUT2D eigenvalue weighted by atomic mass is 10.1. The van der Waals surface area contributed by atoms with E-state index < -0.39 is 23.4 Å². The van der Waals surface area contributed by atoms with Crippen LogP contribution < -0.4 is 10.2 Å². The van der Waals surface area contributed by atoms with Crippen LogP contribution in [0.5, 0.6) is 0 Å². The summed E-state index contributed by atoms with van der Waals surface area (Å²) >= 11 is 0. The molecular formula is C16H14F2N4O2. The van der Waals surface area contributed by atoms with Gasteiger partial charge in [0.05, 0.1) is 23.8 Å². The summed E-state index contributed by atoms with van der Waals surface area (Å²) in [5, 5.41) is 2.39. The number of halogens is 2. The minimum atomic E-state index is -0.916. The molecule has 0 radical (unpaired) electrons. The molecule has 0 spiro atoms. The second kappa shape index (κ2) is 6.31. The zero-order valence-electron chi connectivity index (χ0n) is 12.8. The smallest absolute Gasteiger partial charge is 0.315 e. The number of nitrogens with one attached hydrogen (secondary N) is 1. The van der Waals surface area contributed by atoms with E-state index in [1.54, 1.807) is 0 Å². The van der Waals surface area contributed by atoms with Crippen LogP contribution in [0.4, 0.5) is 20.2 Å². The number of amides is 2. The molecule has 0 atom stereocenters. The summed E-state index contributed by atoms with van der Waals surface area (Å²) < 4.78 is 27.1. The Bertz CT molecular complexity index is 808. The van der Waals surface area contributed by atoms with Crippen molar-refractivity contribution in [3.63, 3.8) is 0 Å². The maximum Gasteiger partial charge on any atom is 0.316 e. The Balaban J connectivity index is 1.77. The van der Waals surface area contributed by atoms with Crippen LogP contribution in [-0.2, 0) is 22.4 Å². The molecule has 1 aliphatic heterocycles. The molecule has 1 aliphatic rings. The maximum atomic E-state index is 13.7. The normalized spacial score (nSPS) is 12.9. The third-order valence-corrected chi connectivity index (χ3v) is 3.73. The zero-order chi connectivity index (χ0) is 17.3. The quantitative estimate of drug-likeness (QED) is 0.852. The molecule has 2 amide bonds. The summed E-state index contributed by atoms with van der Waals surface area (Å²) in [4.78, 5) is 33.5. The van der Waals surface area contributed by atoms with Crippen molar-refractivity contribution in [2.75, 3.05) is 16.8 Å². The van der Waals surface area contributed by atoms with Gasteiger partial charge in [0, 0.05) is 24.6 Å². The van der Waals surface area contributed by atoms with Gasteiger partial charge in [-0.05, 0) is 12.5 Å². The van der Waals surface area contributed by atoms with E-state index in [9.17, 15) is 18.4 Å². The van der Waals surface area contributed by atoms with Gasteiger partial charge in [-0.2, -0.15) is 0 Å². The van der Waals surface area contributed by atoms with Crippen molar-refractivity contribution in [1.29, 1.82) is 0 Å². The molecule has 1 aromatic carbocycles. The molecule has 0 saturated heterocycles. The highest BCUT2D eigenvalue weighted by Crippen LogP contribution is 2.31. The van der Waals surface area contributed by atoms with Crippen LogP contribution in [-0.4, -0.2) is 28.3 Å². The standard InChI is InChI=1S/C16H14F2N4O2/c1-2-14-19-7-10(8-20-14)21-15(23)16(24)22-4-3-11-12(18)5-9(17)6-13(11)22/h5-8H,2-4H2,1H3,(H,21,23). The van der Waals surface area contributed by atoms with Gasteiger partial charge in [-0.25, -0.2) is 18.7 Å². The fourth-order valence-corrected chi connectivity index (χ4v) is 2.54. The molecule has 0 saturated carbocycles. The van der Waals surface area contributed by atoms with Gasteiger partial charge in [0.1, 0.15) is 17.5 Å². The summed E-state index contributed by atoms with van der Waals surface area (Å²) in [6, 6.07) is 1.81. The van der Waals surface area contributed by atoms with Crippen molar-refractivity contribution in [2.24, 2.45) is 0 Å². The van der Waals surface area contributed by atoms with Gasteiger partial charge in [0.15, 0.2) is 0 Å². The Kier molecular flexibility index (Phi) is 4.20. The first-order chi connectivity index (χ1) is 11.5. The predicted molar refractivity (Wildman–Crippen MR) is 82.5 cm³/mol. The Labute approximate surface area is 136 Å². The highest BCUT2D eigenvalue weighted by Gasteiger charge is 2.31. The summed E-state index contributed by atoms with van der Waals surface area (Å²) in [6.45, 7) is 2.01. The van der Waals surface area contributed by atoms with Crippen molar-refractivity contribution < 1.29 is 18.4 Å². The van der Waals surface area contributed by atoms with Gasteiger partial charge < -0.3 is 10.2 Å². The highest BCUT2D eigenvalue weighted by molar-refractivity contribution is 6.44. The molecule has 24 heavy (non-hydrogen) atoms. The van der Waals surface area contributed by atoms with E-state index in [0.29, 0.717) is 12.2 Å². The molecule has 1 N–H and O–H groups in total. The Morgan fingerprint density at radius 3 is 2.62 bits per heavy atom. The Morgan fingerprint density at radius 2 is 1.96 bits per heavy atom. The van der Waals surface area contributed by atoms with Crippen molar-refractivity contribution in [3.8, 4) is 0 Å². The van der Waals surface area contributed by atoms with Crippen molar-refractivity contribution >= 4 is 23.2 Å². The number of hydrogen-bond donors (Lipinski definition) is 1. The average Bonchev–Trinajstić information content (AvgIpc) is 2.98. The van der Waals surface area contributed by atoms with Crippen LogP contribution >= 0.6 is 0 Å².